The summed E-state index contributed by atoms with van der Waals surface area (Å²) in [5.74, 6) is 0.788. The first-order valence-corrected chi connectivity index (χ1v) is 8.91. The van der Waals surface area contributed by atoms with E-state index in [0.29, 0.717) is 6.54 Å². The molecule has 1 aromatic heterocycles. The number of anilines is 1. The number of halogens is 1. The molecule has 1 aliphatic rings. The Labute approximate surface area is 170 Å². The summed E-state index contributed by atoms with van der Waals surface area (Å²) >= 11 is 1.70. The van der Waals surface area contributed by atoms with Crippen molar-refractivity contribution in [2.45, 2.75) is 20.0 Å². The van der Waals surface area contributed by atoms with Crippen LogP contribution >= 0.6 is 35.3 Å². The summed E-state index contributed by atoms with van der Waals surface area (Å²) in [7, 11) is 1.79. The lowest BCUT2D eigenvalue weighted by Crippen LogP contribution is -2.36. The van der Waals surface area contributed by atoms with Gasteiger partial charge in [-0.2, -0.15) is 0 Å². The highest BCUT2D eigenvalue weighted by Crippen LogP contribution is 2.18. The van der Waals surface area contributed by atoms with Gasteiger partial charge in [-0.3, -0.25) is 4.99 Å². The molecule has 134 valence electrons. The van der Waals surface area contributed by atoms with Crippen LogP contribution in [0.2, 0.25) is 0 Å². The largest absolute Gasteiger partial charge is 0.364 e. The molecule has 2 aromatic rings. The fraction of sp³-hybridized carbons (Fsp3) is 0.333. The molecular weight excluding hydrogens is 445 g/mol. The van der Waals surface area contributed by atoms with Crippen LogP contribution in [0.3, 0.4) is 0 Å². The molecule has 7 heteroatoms. The van der Waals surface area contributed by atoms with E-state index in [-0.39, 0.29) is 24.0 Å². The van der Waals surface area contributed by atoms with Crippen molar-refractivity contribution in [3.05, 3.63) is 58.1 Å². The average Bonchev–Trinajstić information content (AvgIpc) is 3.27. The number of thiazole rings is 1. The summed E-state index contributed by atoms with van der Waals surface area (Å²) in [5, 5.41) is 7.74. The maximum Gasteiger partial charge on any atom is 0.191 e. The van der Waals surface area contributed by atoms with Gasteiger partial charge >= 0.3 is 0 Å². The Morgan fingerprint density at radius 1 is 1.24 bits per heavy atom. The number of nitrogens with one attached hydrogen (secondary N) is 2. The minimum Gasteiger partial charge on any atom is -0.364 e. The van der Waals surface area contributed by atoms with E-state index in [2.05, 4.69) is 68.9 Å². The summed E-state index contributed by atoms with van der Waals surface area (Å²) in [6, 6.07) is 8.64. The summed E-state index contributed by atoms with van der Waals surface area (Å²) in [5.41, 5.74) is 2.51. The third-order valence-electron chi connectivity index (χ3n) is 3.85. The Hall–Kier alpha value is -1.61. The van der Waals surface area contributed by atoms with Gasteiger partial charge in [-0.15, -0.1) is 35.3 Å². The van der Waals surface area contributed by atoms with Gasteiger partial charge in [0.15, 0.2) is 5.96 Å². The molecule has 0 bridgehead atoms. The van der Waals surface area contributed by atoms with Gasteiger partial charge in [-0.1, -0.05) is 24.3 Å². The summed E-state index contributed by atoms with van der Waals surface area (Å²) in [4.78, 5) is 12.2. The molecule has 3 rings (SSSR count). The standard InChI is InChI=1S/C18H23N5S.HI/c1-14-11-20-17(24-14)13-22-18(19-2)21-12-15-6-5-7-16(10-15)23-8-3-4-9-23;/h3-7,10-11H,8-9,12-13H2,1-2H3,(H2,19,21,22);1H. The van der Waals surface area contributed by atoms with E-state index < -0.39 is 0 Å². The van der Waals surface area contributed by atoms with Gasteiger partial charge in [0, 0.05) is 43.4 Å². The molecule has 5 nitrogen and oxygen atoms in total. The fourth-order valence-corrected chi connectivity index (χ4v) is 3.33. The molecule has 0 aliphatic carbocycles. The third kappa shape index (κ3) is 5.71. The number of hydrogen-bond acceptors (Lipinski definition) is 4. The molecule has 2 heterocycles. The zero-order valence-electron chi connectivity index (χ0n) is 14.5. The summed E-state index contributed by atoms with van der Waals surface area (Å²) in [6.45, 7) is 5.49. The van der Waals surface area contributed by atoms with Crippen LogP contribution in [-0.4, -0.2) is 31.1 Å². The highest BCUT2D eigenvalue weighted by molar-refractivity contribution is 14.0. The van der Waals surface area contributed by atoms with E-state index in [1.165, 1.54) is 16.1 Å². The van der Waals surface area contributed by atoms with E-state index in [1.807, 2.05) is 6.20 Å². The van der Waals surface area contributed by atoms with E-state index >= 15 is 0 Å². The van der Waals surface area contributed by atoms with E-state index in [0.717, 1.165) is 30.6 Å². The Bertz CT molecular complexity index is 733. The van der Waals surface area contributed by atoms with Crippen molar-refractivity contribution in [1.29, 1.82) is 0 Å². The average molecular weight is 469 g/mol. The van der Waals surface area contributed by atoms with Crippen molar-refractivity contribution in [1.82, 2.24) is 15.6 Å². The van der Waals surface area contributed by atoms with Crippen LogP contribution in [0.25, 0.3) is 0 Å². The maximum atomic E-state index is 4.36. The van der Waals surface area contributed by atoms with Crippen molar-refractivity contribution in [3.8, 4) is 0 Å². The summed E-state index contributed by atoms with van der Waals surface area (Å²) in [6.07, 6.45) is 6.31. The second kappa shape index (κ2) is 9.76. The monoisotopic (exact) mass is 469 g/mol. The molecule has 0 amide bonds. The van der Waals surface area contributed by atoms with Crippen molar-refractivity contribution in [2.24, 2.45) is 4.99 Å². The maximum absolute atomic E-state index is 4.36. The SMILES string of the molecule is CN=C(NCc1cccc(N2CC=CC2)c1)NCc1ncc(C)s1.I. The number of aromatic nitrogens is 1. The van der Waals surface area contributed by atoms with Crippen molar-refractivity contribution in [2.75, 3.05) is 25.0 Å². The van der Waals surface area contributed by atoms with E-state index in [1.54, 1.807) is 18.4 Å². The van der Waals surface area contributed by atoms with Crippen LogP contribution in [0.15, 0.2) is 47.6 Å². The van der Waals surface area contributed by atoms with Crippen molar-refractivity contribution >= 4 is 47.0 Å². The molecule has 2 N–H and O–H groups in total. The van der Waals surface area contributed by atoms with Crippen LogP contribution in [-0.2, 0) is 13.1 Å². The molecule has 1 aliphatic heterocycles. The van der Waals surface area contributed by atoms with Crippen LogP contribution in [0, 0.1) is 6.92 Å². The minimum absolute atomic E-state index is 0. The zero-order chi connectivity index (χ0) is 16.8. The van der Waals surface area contributed by atoms with Gasteiger partial charge in [-0.25, -0.2) is 4.98 Å². The van der Waals surface area contributed by atoms with E-state index in [4.69, 9.17) is 0 Å². The number of nitrogens with zero attached hydrogens (tertiary/aromatic N) is 3. The first-order chi connectivity index (χ1) is 11.7. The number of guanidine groups is 1. The number of rotatable bonds is 5. The molecule has 0 spiro atoms. The van der Waals surface area contributed by atoms with Crippen molar-refractivity contribution in [3.63, 3.8) is 0 Å². The van der Waals surface area contributed by atoms with Gasteiger partial charge in [0.1, 0.15) is 5.01 Å². The first-order valence-electron chi connectivity index (χ1n) is 8.09. The lowest BCUT2D eigenvalue weighted by atomic mass is 10.2. The zero-order valence-corrected chi connectivity index (χ0v) is 17.7. The van der Waals surface area contributed by atoms with Crippen LogP contribution in [0.5, 0.6) is 0 Å². The quantitative estimate of drug-likeness (QED) is 0.306. The van der Waals surface area contributed by atoms with Crippen LogP contribution in [0.1, 0.15) is 15.4 Å². The second-order valence-electron chi connectivity index (χ2n) is 5.69. The minimum atomic E-state index is 0. The highest BCUT2D eigenvalue weighted by Gasteiger charge is 2.08. The molecule has 0 fully saturated rings. The molecule has 0 saturated carbocycles. The Kier molecular flexibility index (Phi) is 7.70. The van der Waals surface area contributed by atoms with Crippen LogP contribution in [0.4, 0.5) is 5.69 Å². The van der Waals surface area contributed by atoms with Gasteiger partial charge in [-0.05, 0) is 24.6 Å². The van der Waals surface area contributed by atoms with Crippen LogP contribution < -0.4 is 15.5 Å². The van der Waals surface area contributed by atoms with Gasteiger partial charge in [0.2, 0.25) is 0 Å². The topological polar surface area (TPSA) is 52.6 Å². The van der Waals surface area contributed by atoms with Crippen molar-refractivity contribution < 1.29 is 0 Å². The Balaban J connectivity index is 0.00000225. The number of aliphatic imine (C=N–C) groups is 1. The third-order valence-corrected chi connectivity index (χ3v) is 4.77. The molecule has 0 saturated heterocycles. The van der Waals surface area contributed by atoms with Gasteiger partial charge in [0.25, 0.3) is 0 Å². The lowest BCUT2D eigenvalue weighted by Gasteiger charge is -2.19. The Morgan fingerprint density at radius 2 is 2.00 bits per heavy atom. The molecule has 25 heavy (non-hydrogen) atoms. The molecule has 0 unspecified atom stereocenters. The van der Waals surface area contributed by atoms with Gasteiger partial charge in [0.05, 0.1) is 6.54 Å². The molecule has 0 radical (unpaired) electrons. The lowest BCUT2D eigenvalue weighted by molar-refractivity contribution is 0.804. The normalized spacial score (nSPS) is 13.7. The second-order valence-corrected chi connectivity index (χ2v) is 7.01. The number of aryl methyl sites for hydroxylation is 1. The Morgan fingerprint density at radius 3 is 2.68 bits per heavy atom. The molecular formula is C18H24IN5S. The summed E-state index contributed by atoms with van der Waals surface area (Å²) < 4.78 is 0. The fourth-order valence-electron chi connectivity index (χ4n) is 2.60. The predicted octanol–water partition coefficient (Wildman–Crippen LogP) is 3.31. The predicted molar refractivity (Wildman–Crippen MR) is 117 cm³/mol. The first kappa shape index (κ1) is 19.7. The smallest absolute Gasteiger partial charge is 0.191 e. The highest BCUT2D eigenvalue weighted by atomic mass is 127. The van der Waals surface area contributed by atoms with E-state index in [9.17, 15) is 0 Å². The number of hydrogen-bond donors (Lipinski definition) is 2. The molecule has 0 atom stereocenters. The van der Waals surface area contributed by atoms with Gasteiger partial charge < -0.3 is 15.5 Å². The number of benzene rings is 1. The molecule has 1 aromatic carbocycles.